The number of amides is 1. The van der Waals surface area contributed by atoms with Gasteiger partial charge in [0.2, 0.25) is 11.8 Å². The molecule has 1 aromatic carbocycles. The third-order valence-corrected chi connectivity index (χ3v) is 5.69. The number of aliphatic imine (C=N–C) groups is 1. The van der Waals surface area contributed by atoms with Gasteiger partial charge in [0.25, 0.3) is 5.91 Å². The van der Waals surface area contributed by atoms with Gasteiger partial charge in [-0.25, -0.2) is 9.97 Å². The third-order valence-electron chi connectivity index (χ3n) is 5.69. The molecule has 2 N–H and O–H groups in total. The maximum atomic E-state index is 13.2. The SMILES string of the molecule is Cc1ccc2c(c1)N1C[C@H](C)CCCNc3oncc3-c3nc(C)cc(n3)C(=O)/N=C/1N2. The molecule has 2 aliphatic heterocycles. The molecule has 1 atom stereocenters. The number of hydrogen-bond donors (Lipinski definition) is 2. The summed E-state index contributed by atoms with van der Waals surface area (Å²) in [6.07, 6.45) is 3.52. The highest BCUT2D eigenvalue weighted by atomic mass is 16.5. The Kier molecular flexibility index (Phi) is 5.08. The standard InChI is InChI=1S/C23H25N7O2/c1-13-6-7-17-19(9-13)30-12-14(2)5-4-8-24-22-16(11-25-32-22)20-26-15(3)10-18(27-20)21(31)29-23(30)28-17/h6-7,9-11,14,24H,4-5,8,12H2,1-3H3,(H,28,29,31)/t14-/m1/s1. The zero-order valence-corrected chi connectivity index (χ0v) is 18.3. The van der Waals surface area contributed by atoms with Crippen LogP contribution in [0.25, 0.3) is 11.4 Å². The van der Waals surface area contributed by atoms with Crippen molar-refractivity contribution in [3.63, 3.8) is 0 Å². The molecule has 9 nitrogen and oxygen atoms in total. The predicted molar refractivity (Wildman–Crippen MR) is 123 cm³/mol. The number of guanidine groups is 1. The van der Waals surface area contributed by atoms with Crippen molar-refractivity contribution in [2.45, 2.75) is 33.6 Å². The Labute approximate surface area is 186 Å². The number of fused-ring (bicyclic) bond motifs is 7. The third kappa shape index (κ3) is 3.81. The number of aryl methyl sites for hydroxylation is 2. The van der Waals surface area contributed by atoms with Crippen LogP contribution in [0, 0.1) is 19.8 Å². The molecule has 1 amide bonds. The highest BCUT2D eigenvalue weighted by molar-refractivity contribution is 6.18. The van der Waals surface area contributed by atoms with Gasteiger partial charge in [0.15, 0.2) is 5.82 Å². The zero-order chi connectivity index (χ0) is 22.2. The van der Waals surface area contributed by atoms with Crippen molar-refractivity contribution in [2.75, 3.05) is 28.6 Å². The second kappa shape index (κ2) is 8.07. The highest BCUT2D eigenvalue weighted by Crippen LogP contribution is 2.34. The van der Waals surface area contributed by atoms with Gasteiger partial charge in [0, 0.05) is 18.8 Å². The van der Waals surface area contributed by atoms with Crippen molar-refractivity contribution < 1.29 is 9.32 Å². The van der Waals surface area contributed by atoms with Gasteiger partial charge >= 0.3 is 0 Å². The molecule has 5 rings (SSSR count). The number of carbonyl (C=O) groups excluding carboxylic acids is 1. The molecule has 0 unspecified atom stereocenters. The molecule has 2 aliphatic rings. The molecule has 9 heteroatoms. The molecule has 3 aromatic rings. The molecule has 2 bridgehead atoms. The van der Waals surface area contributed by atoms with Crippen LogP contribution in [0.3, 0.4) is 0 Å². The molecule has 2 aromatic heterocycles. The Morgan fingerprint density at radius 3 is 2.94 bits per heavy atom. The predicted octanol–water partition coefficient (Wildman–Crippen LogP) is 4.02. The van der Waals surface area contributed by atoms with Crippen LogP contribution in [0.1, 0.15) is 41.5 Å². The van der Waals surface area contributed by atoms with Crippen LogP contribution in [0.2, 0.25) is 0 Å². The second-order valence-electron chi connectivity index (χ2n) is 8.46. The minimum Gasteiger partial charge on any atom is -0.353 e. The van der Waals surface area contributed by atoms with E-state index in [1.807, 2.05) is 19.1 Å². The molecule has 32 heavy (non-hydrogen) atoms. The average Bonchev–Trinajstić information content (AvgIpc) is 3.35. The first-order valence-electron chi connectivity index (χ1n) is 10.8. The van der Waals surface area contributed by atoms with Crippen LogP contribution >= 0.6 is 0 Å². The van der Waals surface area contributed by atoms with Crippen LogP contribution in [0.4, 0.5) is 17.3 Å². The number of aromatic nitrogens is 3. The lowest BCUT2D eigenvalue weighted by Gasteiger charge is -2.23. The lowest BCUT2D eigenvalue weighted by Crippen LogP contribution is -2.35. The van der Waals surface area contributed by atoms with Crippen molar-refractivity contribution in [3.05, 3.63) is 47.4 Å². The Morgan fingerprint density at radius 2 is 2.06 bits per heavy atom. The maximum absolute atomic E-state index is 13.2. The summed E-state index contributed by atoms with van der Waals surface area (Å²) in [5, 5.41) is 10.5. The number of carbonyl (C=O) groups is 1. The van der Waals surface area contributed by atoms with Crippen molar-refractivity contribution in [3.8, 4) is 11.4 Å². The smallest absolute Gasteiger partial charge is 0.298 e. The van der Waals surface area contributed by atoms with Gasteiger partial charge in [-0.3, -0.25) is 4.79 Å². The Morgan fingerprint density at radius 1 is 1.19 bits per heavy atom. The monoisotopic (exact) mass is 431 g/mol. The van der Waals surface area contributed by atoms with E-state index < -0.39 is 5.91 Å². The first-order valence-corrected chi connectivity index (χ1v) is 10.8. The summed E-state index contributed by atoms with van der Waals surface area (Å²) in [6.45, 7) is 7.58. The number of benzene rings is 1. The zero-order valence-electron chi connectivity index (χ0n) is 18.3. The summed E-state index contributed by atoms with van der Waals surface area (Å²) in [5.41, 5.74) is 4.66. The van der Waals surface area contributed by atoms with Crippen molar-refractivity contribution in [1.82, 2.24) is 15.1 Å². The summed E-state index contributed by atoms with van der Waals surface area (Å²) in [7, 11) is 0. The molecular weight excluding hydrogens is 406 g/mol. The second-order valence-corrected chi connectivity index (χ2v) is 8.46. The number of nitrogens with zero attached hydrogens (tertiary/aromatic N) is 5. The number of rotatable bonds is 0. The van der Waals surface area contributed by atoms with Crippen LogP contribution in [0.5, 0.6) is 0 Å². The lowest BCUT2D eigenvalue weighted by atomic mass is 10.0. The molecule has 0 radical (unpaired) electrons. The first-order chi connectivity index (χ1) is 15.5. The van der Waals surface area contributed by atoms with E-state index in [1.54, 1.807) is 12.3 Å². The largest absolute Gasteiger partial charge is 0.353 e. The van der Waals surface area contributed by atoms with E-state index in [-0.39, 0.29) is 5.69 Å². The summed E-state index contributed by atoms with van der Waals surface area (Å²) in [6, 6.07) is 7.84. The fourth-order valence-corrected chi connectivity index (χ4v) is 4.08. The minimum absolute atomic E-state index is 0.226. The Hall–Kier alpha value is -3.75. The summed E-state index contributed by atoms with van der Waals surface area (Å²) >= 11 is 0. The van der Waals surface area contributed by atoms with Gasteiger partial charge in [-0.05, 0) is 56.4 Å². The molecule has 4 heterocycles. The highest BCUT2D eigenvalue weighted by Gasteiger charge is 2.28. The van der Waals surface area contributed by atoms with Crippen LogP contribution in [-0.4, -0.2) is 40.1 Å². The molecule has 0 saturated heterocycles. The van der Waals surface area contributed by atoms with Crippen molar-refractivity contribution >= 4 is 29.1 Å². The number of hydrogen-bond acceptors (Lipinski definition) is 8. The Bertz CT molecular complexity index is 1220. The van der Waals surface area contributed by atoms with Gasteiger partial charge in [0.05, 0.1) is 17.6 Å². The van der Waals surface area contributed by atoms with E-state index in [4.69, 9.17) is 4.52 Å². The van der Waals surface area contributed by atoms with Crippen molar-refractivity contribution in [1.29, 1.82) is 0 Å². The summed E-state index contributed by atoms with van der Waals surface area (Å²) in [4.78, 5) is 28.7. The maximum Gasteiger partial charge on any atom is 0.298 e. The summed E-state index contributed by atoms with van der Waals surface area (Å²) in [5.74, 6) is 1.37. The number of anilines is 3. The van der Waals surface area contributed by atoms with E-state index >= 15 is 0 Å². The van der Waals surface area contributed by atoms with E-state index in [9.17, 15) is 4.79 Å². The molecule has 164 valence electrons. The molecular formula is C23H25N7O2. The number of nitrogens with one attached hydrogen (secondary N) is 2. The molecule has 0 spiro atoms. The van der Waals surface area contributed by atoms with Gasteiger partial charge in [0.1, 0.15) is 11.3 Å². The normalized spacial score (nSPS) is 20.0. The topological polar surface area (TPSA) is 109 Å². The van der Waals surface area contributed by atoms with E-state index in [0.29, 0.717) is 34.8 Å². The Balaban J connectivity index is 1.59. The van der Waals surface area contributed by atoms with E-state index in [0.717, 1.165) is 42.9 Å². The van der Waals surface area contributed by atoms with Gasteiger partial charge in [-0.15, -0.1) is 0 Å². The van der Waals surface area contributed by atoms with Crippen molar-refractivity contribution in [2.24, 2.45) is 10.9 Å². The van der Waals surface area contributed by atoms with Crippen LogP contribution < -0.4 is 15.5 Å². The first kappa shape index (κ1) is 20.2. The summed E-state index contributed by atoms with van der Waals surface area (Å²) < 4.78 is 5.37. The quantitative estimate of drug-likeness (QED) is 0.549. The fourth-order valence-electron chi connectivity index (χ4n) is 4.08. The van der Waals surface area contributed by atoms with Gasteiger partial charge in [-0.2, -0.15) is 4.99 Å². The van der Waals surface area contributed by atoms with Gasteiger partial charge < -0.3 is 20.1 Å². The molecule has 0 fully saturated rings. The lowest BCUT2D eigenvalue weighted by molar-refractivity contribution is 0.0998. The fraction of sp³-hybridized carbons (Fsp3) is 0.348. The van der Waals surface area contributed by atoms with E-state index in [1.165, 1.54) is 0 Å². The van der Waals surface area contributed by atoms with E-state index in [2.05, 4.69) is 55.6 Å². The molecule has 0 aliphatic carbocycles. The van der Waals surface area contributed by atoms with Crippen LogP contribution in [-0.2, 0) is 0 Å². The van der Waals surface area contributed by atoms with Gasteiger partial charge in [-0.1, -0.05) is 18.1 Å². The average molecular weight is 432 g/mol. The minimum atomic E-state index is -0.428. The molecule has 0 saturated carbocycles. The van der Waals surface area contributed by atoms with Crippen LogP contribution in [0.15, 0.2) is 40.0 Å².